The van der Waals surface area contributed by atoms with Crippen molar-refractivity contribution in [2.75, 3.05) is 33.2 Å². The Morgan fingerprint density at radius 1 is 1.03 bits per heavy atom. The summed E-state index contributed by atoms with van der Waals surface area (Å²) >= 11 is 0. The van der Waals surface area contributed by atoms with Gasteiger partial charge < -0.3 is 42.9 Å². The third-order valence-electron chi connectivity index (χ3n) is 4.97. The van der Waals surface area contributed by atoms with Gasteiger partial charge in [-0.1, -0.05) is 0 Å². The number of phosphoric acid groups is 2. The van der Waals surface area contributed by atoms with Gasteiger partial charge in [-0.2, -0.15) is 0 Å². The zero-order chi connectivity index (χ0) is 28.1. The minimum atomic E-state index is -5.13. The lowest BCUT2D eigenvalue weighted by Gasteiger charge is -2.31. The Kier molecular flexibility index (Phi) is 9.69. The van der Waals surface area contributed by atoms with Crippen LogP contribution in [0.2, 0.25) is 0 Å². The van der Waals surface area contributed by atoms with Gasteiger partial charge >= 0.3 is 5.69 Å². The van der Waals surface area contributed by atoms with E-state index in [1.54, 1.807) is 0 Å². The minimum Gasteiger partial charge on any atom is -0.756 e. The summed E-state index contributed by atoms with van der Waals surface area (Å²) in [6.07, 6.45) is 0.993. The van der Waals surface area contributed by atoms with E-state index in [4.69, 9.17) is 24.0 Å². The van der Waals surface area contributed by atoms with Gasteiger partial charge in [-0.15, -0.1) is 0 Å². The van der Waals surface area contributed by atoms with E-state index in [0.717, 1.165) is 11.7 Å². The highest BCUT2D eigenvalue weighted by molar-refractivity contribution is 7.46. The van der Waals surface area contributed by atoms with Crippen LogP contribution in [-0.4, -0.2) is 68.7 Å². The summed E-state index contributed by atoms with van der Waals surface area (Å²) in [5, 5.41) is 0. The maximum absolute atomic E-state index is 12.6. The zero-order valence-electron chi connectivity index (χ0n) is 20.4. The number of imidazole rings is 1. The highest BCUT2D eigenvalue weighted by atomic mass is 31.2. The van der Waals surface area contributed by atoms with Gasteiger partial charge in [0.2, 0.25) is 0 Å². The number of H-pyrrole nitrogens is 1. The van der Waals surface area contributed by atoms with Crippen LogP contribution in [0, 0.1) is 6.92 Å². The van der Waals surface area contributed by atoms with Crippen LogP contribution in [0.25, 0.3) is 11.2 Å². The maximum atomic E-state index is 12.6. The molecule has 0 spiro atoms. The number of aromatic amines is 1. The molecule has 0 bridgehead atoms. The third-order valence-corrected chi connectivity index (χ3v) is 7.00. The van der Waals surface area contributed by atoms with Crippen LogP contribution in [0.4, 0.5) is 5.82 Å². The normalized spacial score (nSPS) is 16.7. The number of aromatic nitrogens is 6. The molecule has 0 fully saturated rings. The lowest BCUT2D eigenvalue weighted by molar-refractivity contribution is -0.240. The Labute approximate surface area is 214 Å². The molecule has 3 rings (SSSR count). The summed E-state index contributed by atoms with van der Waals surface area (Å²) in [5.74, 6) is 0.0762. The number of nitrogens with zero attached hydrogens (tertiary/aromatic N) is 5. The molecule has 0 aliphatic rings. The molecule has 3 aromatic rings. The van der Waals surface area contributed by atoms with Crippen molar-refractivity contribution in [3.63, 3.8) is 0 Å². The molecule has 210 valence electrons. The van der Waals surface area contributed by atoms with Crippen molar-refractivity contribution in [1.82, 2.24) is 29.1 Å². The summed E-state index contributed by atoms with van der Waals surface area (Å²) in [7, 11) is -7.82. The Bertz CT molecular complexity index is 1470. The topological polar surface area (TPSA) is 251 Å². The van der Waals surface area contributed by atoms with E-state index in [1.165, 1.54) is 37.5 Å². The van der Waals surface area contributed by atoms with Crippen molar-refractivity contribution in [3.05, 3.63) is 45.3 Å². The summed E-state index contributed by atoms with van der Waals surface area (Å²) in [4.78, 5) is 62.2. The molecule has 38 heavy (non-hydrogen) atoms. The van der Waals surface area contributed by atoms with Crippen LogP contribution in [-0.2, 0) is 45.1 Å². The molecule has 0 amide bonds. The number of nitrogens with one attached hydrogen (secondary N) is 1. The highest BCUT2D eigenvalue weighted by Gasteiger charge is 2.25. The van der Waals surface area contributed by atoms with Crippen molar-refractivity contribution in [2.45, 2.75) is 32.2 Å². The smallest absolute Gasteiger partial charge is 0.328 e. The van der Waals surface area contributed by atoms with Crippen LogP contribution in [0.3, 0.4) is 0 Å². The van der Waals surface area contributed by atoms with Gasteiger partial charge in [-0.3, -0.25) is 23.5 Å². The first kappa shape index (κ1) is 29.8. The van der Waals surface area contributed by atoms with Crippen molar-refractivity contribution in [3.8, 4) is 0 Å². The molecule has 4 atom stereocenters. The fourth-order valence-electron chi connectivity index (χ4n) is 3.26. The summed E-state index contributed by atoms with van der Waals surface area (Å²) in [6, 6.07) is 0. The number of ether oxygens (including phenoxy) is 1. The van der Waals surface area contributed by atoms with E-state index in [9.17, 15) is 28.5 Å². The second-order valence-corrected chi connectivity index (χ2v) is 10.7. The minimum absolute atomic E-state index is 0.0762. The molecule has 2 unspecified atom stereocenters. The molecule has 3 heterocycles. The maximum Gasteiger partial charge on any atom is 0.328 e. The van der Waals surface area contributed by atoms with Gasteiger partial charge in [0, 0.05) is 26.0 Å². The van der Waals surface area contributed by atoms with E-state index in [-0.39, 0.29) is 42.2 Å². The number of aryl methyl sites for hydroxylation is 1. The van der Waals surface area contributed by atoms with Crippen LogP contribution in [0.1, 0.15) is 5.56 Å². The Hall–Kier alpha value is -2.79. The van der Waals surface area contributed by atoms with E-state index >= 15 is 0 Å². The lowest BCUT2D eigenvalue weighted by Crippen LogP contribution is -2.36. The fourth-order valence-corrected chi connectivity index (χ4v) is 4.74. The van der Waals surface area contributed by atoms with Gasteiger partial charge in [0.15, 0.2) is 11.5 Å². The number of rotatable bonds is 14. The van der Waals surface area contributed by atoms with Crippen LogP contribution in [0.5, 0.6) is 0 Å². The molecule has 18 nitrogen and oxygen atoms in total. The van der Waals surface area contributed by atoms with Gasteiger partial charge in [0.05, 0.1) is 32.6 Å². The van der Waals surface area contributed by atoms with Gasteiger partial charge in [-0.25, -0.2) is 19.7 Å². The van der Waals surface area contributed by atoms with Crippen molar-refractivity contribution >= 4 is 32.6 Å². The molecule has 0 radical (unpaired) electrons. The molecule has 3 N–H and O–H groups in total. The SMILES string of the molecule is COC[C@@H](Cn1cc(C)c(=O)[nH]c1=O)OP(=O)([O-])OC[C@@H](Cn1cnc2c(N)ncnc21)OP(=O)([O-])OC. The average molecular weight is 577 g/mol. The standard InChI is InChI=1S/C18H27N7O11P2/c1-11-4-24(18(27)23-17(11)26)5-12(7-32-2)36-38(30,31)34-8-13(35-37(28,29)33-3)6-25-10-22-14-15(19)20-9-21-16(14)25/h4,9-10,12-13H,5-8H2,1-3H3,(H,28,29)(H,30,31)(H2,19,20,21)(H,23,26,27)/p-2/t12-,13-/m1/s1. The molecule has 0 saturated carbocycles. The first-order valence-electron chi connectivity index (χ1n) is 10.7. The van der Waals surface area contributed by atoms with Crippen molar-refractivity contribution in [2.24, 2.45) is 0 Å². The summed E-state index contributed by atoms with van der Waals surface area (Å²) < 4.78 is 51.1. The predicted octanol–water partition coefficient (Wildman–Crippen LogP) is -1.72. The molecule has 0 aliphatic heterocycles. The molecule has 0 aliphatic carbocycles. The number of nitrogens with two attached hydrogens (primary N) is 1. The number of hydrogen-bond acceptors (Lipinski definition) is 15. The lowest BCUT2D eigenvalue weighted by atomic mass is 10.3. The fraction of sp³-hybridized carbons (Fsp3) is 0.500. The Morgan fingerprint density at radius 2 is 1.68 bits per heavy atom. The van der Waals surface area contributed by atoms with Gasteiger partial charge in [-0.05, 0) is 6.92 Å². The van der Waals surface area contributed by atoms with E-state index < -0.39 is 45.7 Å². The second kappa shape index (κ2) is 12.4. The molecular weight excluding hydrogens is 552 g/mol. The number of hydrogen-bond donors (Lipinski definition) is 2. The molecule has 0 aromatic carbocycles. The van der Waals surface area contributed by atoms with Crippen molar-refractivity contribution < 1.29 is 41.7 Å². The molecular formula is C18H25N7O11P2-2. The Balaban J connectivity index is 1.75. The average Bonchev–Trinajstić information content (AvgIpc) is 3.25. The summed E-state index contributed by atoms with van der Waals surface area (Å²) in [6.45, 7) is -0.255. The quantitative estimate of drug-likeness (QED) is 0.202. The molecule has 0 saturated heterocycles. The first-order chi connectivity index (χ1) is 17.8. The van der Waals surface area contributed by atoms with Crippen LogP contribution >= 0.6 is 15.6 Å². The number of phosphoric ester groups is 2. The van der Waals surface area contributed by atoms with Crippen LogP contribution < -0.4 is 26.8 Å². The number of anilines is 1. The molecule has 20 heteroatoms. The van der Waals surface area contributed by atoms with Gasteiger partial charge in [0.1, 0.15) is 24.1 Å². The number of methoxy groups -OCH3 is 1. The second-order valence-electron chi connectivity index (χ2n) is 7.83. The number of fused-ring (bicyclic) bond motifs is 1. The molecule has 3 aromatic heterocycles. The first-order valence-corrected chi connectivity index (χ1v) is 13.7. The largest absolute Gasteiger partial charge is 0.756 e. The predicted molar refractivity (Wildman–Crippen MR) is 126 cm³/mol. The number of nitrogen functional groups attached to an aromatic ring is 1. The van der Waals surface area contributed by atoms with Crippen molar-refractivity contribution in [1.29, 1.82) is 0 Å². The monoisotopic (exact) mass is 577 g/mol. The third kappa shape index (κ3) is 7.86. The summed E-state index contributed by atoms with van der Waals surface area (Å²) in [5.41, 5.74) is 5.04. The van der Waals surface area contributed by atoms with E-state index in [2.05, 4.69) is 24.5 Å². The van der Waals surface area contributed by atoms with E-state index in [1.807, 2.05) is 0 Å². The zero-order valence-corrected chi connectivity index (χ0v) is 22.2. The van der Waals surface area contributed by atoms with Crippen LogP contribution in [0.15, 0.2) is 28.4 Å². The highest BCUT2D eigenvalue weighted by Crippen LogP contribution is 2.43. The van der Waals surface area contributed by atoms with Gasteiger partial charge in [0.25, 0.3) is 21.2 Å². The Morgan fingerprint density at radius 3 is 2.37 bits per heavy atom. The van der Waals surface area contributed by atoms with E-state index in [0.29, 0.717) is 0 Å².